The quantitative estimate of drug-likeness (QED) is 0.0278. The highest BCUT2D eigenvalue weighted by atomic mass is 16.4. The molecule has 6 N–H and O–H groups in total. The highest BCUT2D eigenvalue weighted by Gasteiger charge is 2.00. The molecule has 0 fully saturated rings. The van der Waals surface area contributed by atoms with Crippen LogP contribution in [0.25, 0.3) is 0 Å². The van der Waals surface area contributed by atoms with Crippen molar-refractivity contribution < 1.29 is 59.4 Å². The Morgan fingerprint density at radius 3 is 0.551 bits per heavy atom. The SMILES string of the molecule is O=C(O)CCCCCCC/C=C/CCCCCCCC(=O)O.O=C(O)CCCCCCCC(=O)O.O=C(O)CCCCCCCCC(=O)O. The molecule has 0 aromatic rings. The number of rotatable bonds is 33. The normalized spacial score (nSPS) is 10.4. The number of aliphatic carboxylic acids is 6. The minimum Gasteiger partial charge on any atom is -0.481 e. The molecule has 49 heavy (non-hydrogen) atoms. The van der Waals surface area contributed by atoms with E-state index in [1.165, 1.54) is 25.7 Å². The molecule has 0 aliphatic carbocycles. The molecule has 0 saturated carbocycles. The van der Waals surface area contributed by atoms with Crippen LogP contribution in [0.15, 0.2) is 12.2 Å². The fourth-order valence-corrected chi connectivity index (χ4v) is 4.72. The maximum atomic E-state index is 10.3. The van der Waals surface area contributed by atoms with Gasteiger partial charge in [-0.3, -0.25) is 28.8 Å². The van der Waals surface area contributed by atoms with Gasteiger partial charge in [-0.05, 0) is 64.2 Å². The van der Waals surface area contributed by atoms with Gasteiger partial charge in [0.05, 0.1) is 0 Å². The van der Waals surface area contributed by atoms with Gasteiger partial charge in [-0.25, -0.2) is 0 Å². The molecule has 0 rings (SSSR count). The molecule has 286 valence electrons. The molecule has 0 spiro atoms. The Kier molecular flexibility index (Phi) is 41.5. The number of allylic oxidation sites excluding steroid dienone is 2. The third kappa shape index (κ3) is 60.4. The van der Waals surface area contributed by atoms with Crippen molar-refractivity contribution in [1.82, 2.24) is 0 Å². The lowest BCUT2D eigenvalue weighted by Gasteiger charge is -1.99. The Hall–Kier alpha value is -3.44. The number of unbranched alkanes of at least 4 members (excludes halogenated alkanes) is 19. The van der Waals surface area contributed by atoms with Crippen molar-refractivity contribution in [2.24, 2.45) is 0 Å². The van der Waals surface area contributed by atoms with Crippen molar-refractivity contribution in [3.63, 3.8) is 0 Å². The summed E-state index contributed by atoms with van der Waals surface area (Å²) in [6.45, 7) is 0. The predicted molar refractivity (Wildman–Crippen MR) is 189 cm³/mol. The summed E-state index contributed by atoms with van der Waals surface area (Å²) in [5.74, 6) is -4.38. The molecule has 0 radical (unpaired) electrons. The lowest BCUT2D eigenvalue weighted by molar-refractivity contribution is -0.138. The molecule has 0 aromatic heterocycles. The topological polar surface area (TPSA) is 224 Å². The minimum absolute atomic E-state index is 0.221. The maximum Gasteiger partial charge on any atom is 0.303 e. The number of hydrogen-bond donors (Lipinski definition) is 6. The summed E-state index contributed by atoms with van der Waals surface area (Å²) in [5.41, 5.74) is 0. The molecule has 0 aromatic carbocycles. The van der Waals surface area contributed by atoms with E-state index in [2.05, 4.69) is 12.2 Å². The first-order chi connectivity index (χ1) is 23.4. The zero-order valence-electron chi connectivity index (χ0n) is 29.8. The molecule has 0 unspecified atom stereocenters. The van der Waals surface area contributed by atoms with Gasteiger partial charge in [0.1, 0.15) is 0 Å². The molecular weight excluding hydrogens is 636 g/mol. The molecule has 12 nitrogen and oxygen atoms in total. The number of carboxylic acid groups (broad SMARTS) is 6. The molecule has 0 saturated heterocycles. The van der Waals surface area contributed by atoms with Crippen molar-refractivity contribution in [2.75, 3.05) is 0 Å². The predicted octanol–water partition coefficient (Wildman–Crippen LogP) is 9.34. The van der Waals surface area contributed by atoms with Crippen molar-refractivity contribution >= 4 is 35.8 Å². The van der Waals surface area contributed by atoms with E-state index in [0.29, 0.717) is 25.7 Å². The second-order valence-electron chi connectivity index (χ2n) is 12.3. The van der Waals surface area contributed by atoms with Gasteiger partial charge in [0, 0.05) is 38.5 Å². The van der Waals surface area contributed by atoms with Gasteiger partial charge in [0.15, 0.2) is 0 Å². The van der Waals surface area contributed by atoms with Crippen LogP contribution in [0.3, 0.4) is 0 Å². The van der Waals surface area contributed by atoms with Crippen LogP contribution < -0.4 is 0 Å². The van der Waals surface area contributed by atoms with E-state index < -0.39 is 35.8 Å². The standard InChI is InChI=1S/C18H32O4.C10H18O4.C9H16O4/c19-17(20)15-13-11-9-7-5-3-1-2-4-6-8-10-12-14-16-18(21)22;11-9(12)7-5-3-1-2-4-6-8-10(13)14;10-8(11)6-4-2-1-3-5-7-9(12)13/h1-2H,3-16H2,(H,19,20)(H,21,22);1-8H2,(H,11,12)(H,13,14);1-7H2,(H,10,11)(H,12,13)/b2-1+;;. The highest BCUT2D eigenvalue weighted by Crippen LogP contribution is 2.11. The van der Waals surface area contributed by atoms with Gasteiger partial charge >= 0.3 is 35.8 Å². The van der Waals surface area contributed by atoms with Crippen molar-refractivity contribution in [3.8, 4) is 0 Å². The average molecular weight is 703 g/mol. The Balaban J connectivity index is -0.000000682. The summed E-state index contributed by atoms with van der Waals surface area (Å²) < 4.78 is 0. The third-order valence-corrected chi connectivity index (χ3v) is 7.50. The smallest absolute Gasteiger partial charge is 0.303 e. The number of hydrogen-bond acceptors (Lipinski definition) is 6. The van der Waals surface area contributed by atoms with Gasteiger partial charge in [0.25, 0.3) is 0 Å². The number of carboxylic acids is 6. The second-order valence-corrected chi connectivity index (χ2v) is 12.3. The van der Waals surface area contributed by atoms with E-state index in [1.807, 2.05) is 0 Å². The first-order valence-electron chi connectivity index (χ1n) is 18.3. The van der Waals surface area contributed by atoms with Gasteiger partial charge < -0.3 is 30.6 Å². The summed E-state index contributed by atoms with van der Waals surface area (Å²) in [7, 11) is 0. The van der Waals surface area contributed by atoms with Gasteiger partial charge in [-0.1, -0.05) is 95.6 Å². The first kappa shape index (κ1) is 49.9. The monoisotopic (exact) mass is 702 g/mol. The fourth-order valence-electron chi connectivity index (χ4n) is 4.72. The van der Waals surface area contributed by atoms with Crippen LogP contribution >= 0.6 is 0 Å². The lowest BCUT2D eigenvalue weighted by Crippen LogP contribution is -1.95. The Morgan fingerprint density at radius 2 is 0.388 bits per heavy atom. The third-order valence-electron chi connectivity index (χ3n) is 7.50. The Labute approximate surface area is 293 Å². The fraction of sp³-hybridized carbons (Fsp3) is 0.784. The molecule has 0 heterocycles. The lowest BCUT2D eigenvalue weighted by atomic mass is 10.1. The maximum absolute atomic E-state index is 10.3. The van der Waals surface area contributed by atoms with Gasteiger partial charge in [-0.2, -0.15) is 0 Å². The number of carbonyl (C=O) groups is 6. The van der Waals surface area contributed by atoms with Crippen molar-refractivity contribution in [2.45, 2.75) is 186 Å². The summed E-state index contributed by atoms with van der Waals surface area (Å²) in [6.07, 6.45) is 28.4. The van der Waals surface area contributed by atoms with E-state index in [1.54, 1.807) is 0 Å². The molecule has 0 aliphatic rings. The molecule has 0 atom stereocenters. The van der Waals surface area contributed by atoms with Crippen LogP contribution in [0.4, 0.5) is 0 Å². The summed E-state index contributed by atoms with van der Waals surface area (Å²) in [6, 6.07) is 0. The van der Waals surface area contributed by atoms with E-state index in [-0.39, 0.29) is 25.7 Å². The zero-order valence-corrected chi connectivity index (χ0v) is 29.8. The summed E-state index contributed by atoms with van der Waals surface area (Å²) in [4.78, 5) is 61.1. The van der Waals surface area contributed by atoms with Gasteiger partial charge in [0.2, 0.25) is 0 Å². The Bertz CT molecular complexity index is 801. The van der Waals surface area contributed by atoms with Crippen LogP contribution in [-0.2, 0) is 28.8 Å². The largest absolute Gasteiger partial charge is 0.481 e. The summed E-state index contributed by atoms with van der Waals surface area (Å²) >= 11 is 0. The molecular formula is C37H66O12. The minimum atomic E-state index is -0.759. The molecule has 0 bridgehead atoms. The molecule has 12 heteroatoms. The van der Waals surface area contributed by atoms with Crippen molar-refractivity contribution in [3.05, 3.63) is 12.2 Å². The van der Waals surface area contributed by atoms with Crippen LogP contribution in [0.1, 0.15) is 186 Å². The first-order valence-corrected chi connectivity index (χ1v) is 18.3. The van der Waals surface area contributed by atoms with E-state index >= 15 is 0 Å². The van der Waals surface area contributed by atoms with Crippen LogP contribution in [0.2, 0.25) is 0 Å². The molecule has 0 amide bonds. The van der Waals surface area contributed by atoms with E-state index in [9.17, 15) is 28.8 Å². The molecule has 0 aliphatic heterocycles. The van der Waals surface area contributed by atoms with Crippen LogP contribution in [0, 0.1) is 0 Å². The highest BCUT2D eigenvalue weighted by molar-refractivity contribution is 5.68. The van der Waals surface area contributed by atoms with Crippen LogP contribution in [-0.4, -0.2) is 66.5 Å². The van der Waals surface area contributed by atoms with Crippen LogP contribution in [0.5, 0.6) is 0 Å². The van der Waals surface area contributed by atoms with E-state index in [4.69, 9.17) is 30.6 Å². The van der Waals surface area contributed by atoms with Crippen molar-refractivity contribution in [1.29, 1.82) is 0 Å². The van der Waals surface area contributed by atoms with Gasteiger partial charge in [-0.15, -0.1) is 0 Å². The average Bonchev–Trinajstić information content (AvgIpc) is 3.01. The zero-order chi connectivity index (χ0) is 37.4. The Morgan fingerprint density at radius 1 is 0.245 bits per heavy atom. The van der Waals surface area contributed by atoms with E-state index in [0.717, 1.165) is 109 Å². The second kappa shape index (κ2) is 40.7. The summed E-state index contributed by atoms with van der Waals surface area (Å²) in [5, 5.41) is 50.3.